The van der Waals surface area contributed by atoms with E-state index in [1.54, 1.807) is 48.5 Å². The Morgan fingerprint density at radius 3 is 2.17 bits per heavy atom. The number of halogens is 1. The second kappa shape index (κ2) is 8.64. The standard InChI is InChI=1S/C23H19ClO4S/c1-16-7-13-20(14-8-16)29(26,27)22(15-18-5-3-4-6-21(18)28-2)23(25)17-9-11-19(24)12-10-17/h3-15H,1-2H3/b22-15+. The number of carbonyl (C=O) groups is 1. The number of hydrogen-bond acceptors (Lipinski definition) is 4. The van der Waals surface area contributed by atoms with Crippen molar-refractivity contribution >= 4 is 33.3 Å². The van der Waals surface area contributed by atoms with E-state index < -0.39 is 15.6 Å². The Morgan fingerprint density at radius 2 is 1.55 bits per heavy atom. The summed E-state index contributed by atoms with van der Waals surface area (Å²) in [7, 11) is -2.59. The Balaban J connectivity index is 2.20. The van der Waals surface area contributed by atoms with Crippen molar-refractivity contribution in [3.8, 4) is 5.75 Å². The molecule has 0 bridgehead atoms. The first kappa shape index (κ1) is 20.8. The highest BCUT2D eigenvalue weighted by Gasteiger charge is 2.28. The van der Waals surface area contributed by atoms with E-state index in [-0.39, 0.29) is 15.4 Å². The van der Waals surface area contributed by atoms with Crippen LogP contribution in [-0.2, 0) is 9.84 Å². The molecule has 0 radical (unpaired) electrons. The topological polar surface area (TPSA) is 60.4 Å². The van der Waals surface area contributed by atoms with E-state index in [9.17, 15) is 13.2 Å². The molecular weight excluding hydrogens is 408 g/mol. The third-order valence-corrected chi connectivity index (χ3v) is 6.40. The summed E-state index contributed by atoms with van der Waals surface area (Å²) in [6.45, 7) is 1.86. The zero-order chi connectivity index (χ0) is 21.0. The fraction of sp³-hybridized carbons (Fsp3) is 0.0870. The molecule has 148 valence electrons. The van der Waals surface area contributed by atoms with Gasteiger partial charge in [0.2, 0.25) is 15.6 Å². The molecule has 0 aliphatic heterocycles. The Hall–Kier alpha value is -2.89. The van der Waals surface area contributed by atoms with Crippen molar-refractivity contribution in [1.82, 2.24) is 0 Å². The molecule has 6 heteroatoms. The van der Waals surface area contributed by atoms with Gasteiger partial charge in [-0.1, -0.05) is 47.5 Å². The van der Waals surface area contributed by atoms with Crippen molar-refractivity contribution in [3.63, 3.8) is 0 Å². The van der Waals surface area contributed by atoms with Gasteiger partial charge in [0.05, 0.1) is 12.0 Å². The van der Waals surface area contributed by atoms with Crippen LogP contribution in [0.5, 0.6) is 5.75 Å². The van der Waals surface area contributed by atoms with Crippen LogP contribution >= 0.6 is 11.6 Å². The van der Waals surface area contributed by atoms with Gasteiger partial charge < -0.3 is 4.74 Å². The number of rotatable bonds is 6. The predicted octanol–water partition coefficient (Wildman–Crippen LogP) is 5.35. The van der Waals surface area contributed by atoms with Gasteiger partial charge in [-0.25, -0.2) is 8.42 Å². The molecule has 3 aromatic carbocycles. The quantitative estimate of drug-likeness (QED) is 0.393. The summed E-state index contributed by atoms with van der Waals surface area (Å²) in [6.07, 6.45) is 1.35. The van der Waals surface area contributed by atoms with E-state index in [1.807, 2.05) is 6.92 Å². The van der Waals surface area contributed by atoms with Crippen LogP contribution in [-0.4, -0.2) is 21.3 Å². The van der Waals surface area contributed by atoms with Gasteiger partial charge in [0.1, 0.15) is 10.7 Å². The number of allylic oxidation sites excluding steroid dienone is 1. The number of ether oxygens (including phenoxy) is 1. The van der Waals surface area contributed by atoms with Crippen LogP contribution in [0, 0.1) is 6.92 Å². The second-order valence-electron chi connectivity index (χ2n) is 6.40. The van der Waals surface area contributed by atoms with Gasteiger partial charge in [-0.15, -0.1) is 0 Å². The normalized spacial score (nSPS) is 11.9. The fourth-order valence-electron chi connectivity index (χ4n) is 2.78. The van der Waals surface area contributed by atoms with Gasteiger partial charge in [0, 0.05) is 16.1 Å². The average Bonchev–Trinajstić information content (AvgIpc) is 2.72. The molecule has 0 saturated heterocycles. The number of benzene rings is 3. The van der Waals surface area contributed by atoms with E-state index >= 15 is 0 Å². The van der Waals surface area contributed by atoms with E-state index in [0.29, 0.717) is 16.3 Å². The van der Waals surface area contributed by atoms with Crippen molar-refractivity contribution in [2.24, 2.45) is 0 Å². The molecule has 0 saturated carbocycles. The lowest BCUT2D eigenvalue weighted by molar-refractivity contribution is 0.104. The van der Waals surface area contributed by atoms with E-state index in [4.69, 9.17) is 16.3 Å². The molecule has 0 atom stereocenters. The van der Waals surface area contributed by atoms with Crippen LogP contribution in [0.15, 0.2) is 82.6 Å². The first-order valence-electron chi connectivity index (χ1n) is 8.79. The minimum atomic E-state index is -4.08. The molecule has 0 heterocycles. The Labute approximate surface area is 175 Å². The first-order valence-corrected chi connectivity index (χ1v) is 10.7. The number of sulfone groups is 1. The number of ketones is 1. The number of para-hydroxylation sites is 1. The highest BCUT2D eigenvalue weighted by molar-refractivity contribution is 7.96. The molecule has 4 nitrogen and oxygen atoms in total. The molecule has 0 unspecified atom stereocenters. The van der Waals surface area contributed by atoms with Gasteiger partial charge in [-0.05, 0) is 55.5 Å². The molecule has 29 heavy (non-hydrogen) atoms. The van der Waals surface area contributed by atoms with Crippen LogP contribution < -0.4 is 4.74 Å². The van der Waals surface area contributed by atoms with Crippen LogP contribution in [0.2, 0.25) is 5.02 Å². The van der Waals surface area contributed by atoms with Crippen molar-refractivity contribution < 1.29 is 17.9 Å². The molecule has 0 aliphatic rings. The summed E-state index contributed by atoms with van der Waals surface area (Å²) in [5.74, 6) is -0.152. The van der Waals surface area contributed by atoms with Crippen LogP contribution in [0.25, 0.3) is 6.08 Å². The highest BCUT2D eigenvalue weighted by Crippen LogP contribution is 2.28. The summed E-state index contributed by atoms with van der Waals surface area (Å²) < 4.78 is 32.1. The number of carbonyl (C=O) groups excluding carboxylic acids is 1. The summed E-state index contributed by atoms with van der Waals surface area (Å²) in [4.78, 5) is 12.9. The van der Waals surface area contributed by atoms with Gasteiger partial charge in [-0.3, -0.25) is 4.79 Å². The maximum atomic E-state index is 13.4. The third-order valence-electron chi connectivity index (χ3n) is 4.38. The maximum absolute atomic E-state index is 13.4. The van der Waals surface area contributed by atoms with Gasteiger partial charge in [0.15, 0.2) is 0 Å². The first-order chi connectivity index (χ1) is 13.8. The minimum Gasteiger partial charge on any atom is -0.496 e. The number of Topliss-reactive ketones (excluding diaryl/α,β-unsaturated/α-hetero) is 1. The van der Waals surface area contributed by atoms with Gasteiger partial charge in [-0.2, -0.15) is 0 Å². The zero-order valence-corrected chi connectivity index (χ0v) is 17.5. The lowest BCUT2D eigenvalue weighted by Crippen LogP contribution is -2.14. The molecular formula is C23H19ClO4S. The SMILES string of the molecule is COc1ccccc1/C=C(\C(=O)c1ccc(Cl)cc1)S(=O)(=O)c1ccc(C)cc1. The smallest absolute Gasteiger partial charge is 0.210 e. The molecule has 0 aliphatic carbocycles. The summed E-state index contributed by atoms with van der Waals surface area (Å²) in [5, 5.41) is 0.457. The second-order valence-corrected chi connectivity index (χ2v) is 8.76. The van der Waals surface area contributed by atoms with Crippen LogP contribution in [0.4, 0.5) is 0 Å². The van der Waals surface area contributed by atoms with Crippen molar-refractivity contribution in [2.45, 2.75) is 11.8 Å². The molecule has 0 N–H and O–H groups in total. The van der Waals surface area contributed by atoms with Crippen molar-refractivity contribution in [3.05, 3.63) is 99.4 Å². The molecule has 0 amide bonds. The molecule has 0 aromatic heterocycles. The number of methoxy groups -OCH3 is 1. The fourth-order valence-corrected chi connectivity index (χ4v) is 4.30. The van der Waals surface area contributed by atoms with Crippen LogP contribution in [0.1, 0.15) is 21.5 Å². The van der Waals surface area contributed by atoms with E-state index in [2.05, 4.69) is 0 Å². The summed E-state index contributed by atoms with van der Waals surface area (Å²) in [5.41, 5.74) is 1.64. The van der Waals surface area contributed by atoms with E-state index in [1.165, 1.54) is 37.5 Å². The average molecular weight is 427 g/mol. The molecule has 3 aromatic rings. The molecule has 3 rings (SSSR count). The maximum Gasteiger partial charge on any atom is 0.210 e. The lowest BCUT2D eigenvalue weighted by Gasteiger charge is -2.11. The third kappa shape index (κ3) is 4.58. The monoisotopic (exact) mass is 426 g/mol. The van der Waals surface area contributed by atoms with Gasteiger partial charge in [0.25, 0.3) is 0 Å². The summed E-state index contributed by atoms with van der Waals surface area (Å²) in [6, 6.07) is 19.4. The number of hydrogen-bond donors (Lipinski definition) is 0. The molecule has 0 fully saturated rings. The van der Waals surface area contributed by atoms with Crippen molar-refractivity contribution in [2.75, 3.05) is 7.11 Å². The largest absolute Gasteiger partial charge is 0.496 e. The Morgan fingerprint density at radius 1 is 0.931 bits per heavy atom. The summed E-state index contributed by atoms with van der Waals surface area (Å²) >= 11 is 5.91. The Kier molecular flexibility index (Phi) is 6.20. The lowest BCUT2D eigenvalue weighted by atomic mass is 10.1. The molecule has 0 spiro atoms. The highest BCUT2D eigenvalue weighted by atomic mass is 35.5. The predicted molar refractivity (Wildman–Crippen MR) is 115 cm³/mol. The van der Waals surface area contributed by atoms with E-state index in [0.717, 1.165) is 5.56 Å². The zero-order valence-electron chi connectivity index (χ0n) is 15.9. The number of aryl methyl sites for hydroxylation is 1. The Bertz CT molecular complexity index is 1160. The van der Waals surface area contributed by atoms with Crippen molar-refractivity contribution in [1.29, 1.82) is 0 Å². The van der Waals surface area contributed by atoms with Gasteiger partial charge >= 0.3 is 0 Å². The minimum absolute atomic E-state index is 0.0477. The van der Waals surface area contributed by atoms with Crippen LogP contribution in [0.3, 0.4) is 0 Å².